The van der Waals surface area contributed by atoms with Crippen molar-refractivity contribution in [1.29, 1.82) is 0 Å². The van der Waals surface area contributed by atoms with E-state index in [1.807, 2.05) is 4.90 Å². The Bertz CT molecular complexity index is 1350. The van der Waals surface area contributed by atoms with E-state index in [2.05, 4.69) is 20.4 Å². The number of carbonyl (C=O) groups is 2. The van der Waals surface area contributed by atoms with E-state index < -0.39 is 23.2 Å². The zero-order chi connectivity index (χ0) is 26.2. The molecule has 0 saturated carbocycles. The summed E-state index contributed by atoms with van der Waals surface area (Å²) >= 11 is 6.41. The van der Waals surface area contributed by atoms with Crippen molar-refractivity contribution in [2.45, 2.75) is 65.1 Å². The number of esters is 1. The number of halogens is 1. The van der Waals surface area contributed by atoms with Gasteiger partial charge < -0.3 is 15.0 Å². The zero-order valence-electron chi connectivity index (χ0n) is 21.0. The number of ether oxygens (including phenoxy) is 1. The fraction of sp³-hybridized carbons (Fsp3) is 0.500. The smallest absolute Gasteiger partial charge is 0.329 e. The standard InChI is InChI=1S/C24H30ClN7O4/c1-14(22(35)36-24(3,4)5)31-13-27-32-12-16(10-19(32)21(31)34)20-18(25)11-26-23(29-20)28-17-6-8-30(9-7-17)15(2)33/h10-14,17H,6-9H2,1-5H3,(H,26,28,29). The van der Waals surface area contributed by atoms with Gasteiger partial charge in [0.15, 0.2) is 0 Å². The van der Waals surface area contributed by atoms with Gasteiger partial charge in [-0.1, -0.05) is 11.6 Å². The van der Waals surface area contributed by atoms with Gasteiger partial charge >= 0.3 is 5.97 Å². The monoisotopic (exact) mass is 515 g/mol. The Morgan fingerprint density at radius 1 is 1.25 bits per heavy atom. The van der Waals surface area contributed by atoms with Crippen molar-refractivity contribution in [3.63, 3.8) is 0 Å². The maximum absolute atomic E-state index is 13.2. The van der Waals surface area contributed by atoms with E-state index in [0.29, 0.717) is 35.3 Å². The Kier molecular flexibility index (Phi) is 7.03. The van der Waals surface area contributed by atoms with Crippen LogP contribution < -0.4 is 10.9 Å². The normalized spacial score (nSPS) is 15.7. The lowest BCUT2D eigenvalue weighted by Gasteiger charge is -2.31. The first-order chi connectivity index (χ1) is 16.9. The Morgan fingerprint density at radius 3 is 2.58 bits per heavy atom. The van der Waals surface area contributed by atoms with Crippen LogP contribution in [0.1, 0.15) is 53.5 Å². The highest BCUT2D eigenvalue weighted by molar-refractivity contribution is 6.32. The lowest BCUT2D eigenvalue weighted by molar-refractivity contribution is -0.158. The largest absolute Gasteiger partial charge is 0.458 e. The number of hydrogen-bond acceptors (Lipinski definition) is 8. The van der Waals surface area contributed by atoms with Crippen LogP contribution in [0.3, 0.4) is 0 Å². The molecular formula is C24H30ClN7O4. The molecule has 1 fully saturated rings. The molecule has 12 heteroatoms. The number of piperidine rings is 1. The van der Waals surface area contributed by atoms with Gasteiger partial charge in [-0.3, -0.25) is 14.2 Å². The number of likely N-dealkylation sites (tertiary alicyclic amines) is 1. The predicted molar refractivity (Wildman–Crippen MR) is 135 cm³/mol. The van der Waals surface area contributed by atoms with Gasteiger partial charge in [0.25, 0.3) is 5.56 Å². The van der Waals surface area contributed by atoms with Gasteiger partial charge in [0.05, 0.1) is 16.9 Å². The fourth-order valence-electron chi connectivity index (χ4n) is 4.07. The average molecular weight is 516 g/mol. The van der Waals surface area contributed by atoms with Crippen molar-refractivity contribution in [1.82, 2.24) is 29.0 Å². The van der Waals surface area contributed by atoms with Gasteiger partial charge in [0.2, 0.25) is 11.9 Å². The van der Waals surface area contributed by atoms with Crippen LogP contribution in [0, 0.1) is 0 Å². The van der Waals surface area contributed by atoms with Crippen LogP contribution in [-0.2, 0) is 14.3 Å². The highest BCUT2D eigenvalue weighted by Crippen LogP contribution is 2.28. The Labute approximate surface area is 213 Å². The molecule has 3 aromatic rings. The molecule has 0 aromatic carbocycles. The second kappa shape index (κ2) is 9.88. The number of amides is 1. The molecule has 11 nitrogen and oxygen atoms in total. The summed E-state index contributed by atoms with van der Waals surface area (Å²) in [6.07, 6.45) is 6.06. The van der Waals surface area contributed by atoms with Crippen LogP contribution in [0.15, 0.2) is 29.6 Å². The van der Waals surface area contributed by atoms with Gasteiger partial charge in [-0.25, -0.2) is 19.3 Å². The number of rotatable bonds is 5. The highest BCUT2D eigenvalue weighted by Gasteiger charge is 2.25. The summed E-state index contributed by atoms with van der Waals surface area (Å²) in [6, 6.07) is 0.920. The minimum atomic E-state index is -0.847. The van der Waals surface area contributed by atoms with Crippen LogP contribution in [0.2, 0.25) is 5.02 Å². The van der Waals surface area contributed by atoms with Crippen molar-refractivity contribution in [3.05, 3.63) is 40.2 Å². The molecule has 1 N–H and O–H groups in total. The number of hydrogen-bond donors (Lipinski definition) is 1. The van der Waals surface area contributed by atoms with E-state index in [-0.39, 0.29) is 17.5 Å². The summed E-state index contributed by atoms with van der Waals surface area (Å²) in [5.74, 6) is -0.0338. The van der Waals surface area contributed by atoms with Gasteiger partial charge in [0, 0.05) is 37.8 Å². The SMILES string of the molecule is CC(=O)N1CCC(Nc2ncc(Cl)c(-c3cc4c(=O)n(C(C)C(=O)OC(C)(C)C)cnn4c3)n2)CC1. The highest BCUT2D eigenvalue weighted by atomic mass is 35.5. The van der Waals surface area contributed by atoms with Gasteiger partial charge in [0.1, 0.15) is 23.5 Å². The van der Waals surface area contributed by atoms with Crippen molar-refractivity contribution in [2.75, 3.05) is 18.4 Å². The average Bonchev–Trinajstić information content (AvgIpc) is 3.24. The summed E-state index contributed by atoms with van der Waals surface area (Å²) < 4.78 is 8.09. The van der Waals surface area contributed by atoms with E-state index in [0.717, 1.165) is 12.8 Å². The molecule has 0 bridgehead atoms. The van der Waals surface area contributed by atoms with Crippen LogP contribution >= 0.6 is 11.6 Å². The fourth-order valence-corrected chi connectivity index (χ4v) is 4.27. The molecule has 1 aliphatic rings. The third-order valence-corrected chi connectivity index (χ3v) is 6.29. The summed E-state index contributed by atoms with van der Waals surface area (Å²) in [5, 5.41) is 7.94. The molecule has 1 saturated heterocycles. The zero-order valence-corrected chi connectivity index (χ0v) is 21.7. The molecule has 1 unspecified atom stereocenters. The van der Waals surface area contributed by atoms with E-state index in [1.165, 1.54) is 21.6 Å². The van der Waals surface area contributed by atoms with Crippen molar-refractivity contribution < 1.29 is 14.3 Å². The molecule has 4 heterocycles. The summed E-state index contributed by atoms with van der Waals surface area (Å²) in [6.45, 7) is 9.83. The molecule has 36 heavy (non-hydrogen) atoms. The molecule has 0 aliphatic carbocycles. The number of anilines is 1. The second-order valence-corrected chi connectivity index (χ2v) is 10.3. The first-order valence-electron chi connectivity index (χ1n) is 11.8. The minimum Gasteiger partial charge on any atom is -0.458 e. The van der Waals surface area contributed by atoms with E-state index >= 15 is 0 Å². The first kappa shape index (κ1) is 25.6. The molecule has 192 valence electrons. The van der Waals surface area contributed by atoms with Crippen molar-refractivity contribution in [2.24, 2.45) is 0 Å². The van der Waals surface area contributed by atoms with E-state index in [9.17, 15) is 14.4 Å². The van der Waals surface area contributed by atoms with Crippen LogP contribution in [0.4, 0.5) is 5.95 Å². The molecule has 0 radical (unpaired) electrons. The van der Waals surface area contributed by atoms with Gasteiger partial charge in [-0.05, 0) is 46.6 Å². The summed E-state index contributed by atoms with van der Waals surface area (Å²) in [4.78, 5) is 47.9. The third kappa shape index (κ3) is 5.51. The molecule has 4 rings (SSSR count). The summed E-state index contributed by atoms with van der Waals surface area (Å²) in [7, 11) is 0. The van der Waals surface area contributed by atoms with Crippen molar-refractivity contribution in [3.8, 4) is 11.3 Å². The third-order valence-electron chi connectivity index (χ3n) is 6.01. The Balaban J connectivity index is 1.58. The van der Waals surface area contributed by atoms with E-state index in [4.69, 9.17) is 16.3 Å². The number of carbonyl (C=O) groups excluding carboxylic acids is 2. The van der Waals surface area contributed by atoms with Crippen LogP contribution in [-0.4, -0.2) is 65.7 Å². The quantitative estimate of drug-likeness (QED) is 0.514. The molecule has 1 amide bonds. The number of fused-ring (bicyclic) bond motifs is 1. The van der Waals surface area contributed by atoms with Crippen LogP contribution in [0.5, 0.6) is 0 Å². The topological polar surface area (TPSA) is 124 Å². The van der Waals surface area contributed by atoms with Crippen molar-refractivity contribution >= 4 is 34.9 Å². The number of nitrogens with one attached hydrogen (secondary N) is 1. The van der Waals surface area contributed by atoms with Crippen LogP contribution in [0.25, 0.3) is 16.8 Å². The maximum Gasteiger partial charge on any atom is 0.329 e. The molecule has 1 aliphatic heterocycles. The predicted octanol–water partition coefficient (Wildman–Crippen LogP) is 2.93. The lowest BCUT2D eigenvalue weighted by Crippen LogP contribution is -2.41. The minimum absolute atomic E-state index is 0.0763. The molecular weight excluding hydrogens is 486 g/mol. The number of aromatic nitrogens is 5. The molecule has 0 spiro atoms. The van der Waals surface area contributed by atoms with Gasteiger partial charge in [-0.15, -0.1) is 0 Å². The second-order valence-electron chi connectivity index (χ2n) is 9.93. The lowest BCUT2D eigenvalue weighted by atomic mass is 10.1. The Hall–Kier alpha value is -3.47. The Morgan fingerprint density at radius 2 is 1.94 bits per heavy atom. The molecule has 3 aromatic heterocycles. The van der Waals surface area contributed by atoms with E-state index in [1.54, 1.807) is 46.9 Å². The first-order valence-corrected chi connectivity index (χ1v) is 12.2. The number of nitrogens with zero attached hydrogens (tertiary/aromatic N) is 6. The van der Waals surface area contributed by atoms with Gasteiger partial charge in [-0.2, -0.15) is 5.10 Å². The maximum atomic E-state index is 13.2. The summed E-state index contributed by atoms with van der Waals surface area (Å²) in [5.41, 5.74) is 0.240. The molecule has 1 atom stereocenters.